The van der Waals surface area contributed by atoms with Gasteiger partial charge in [0, 0.05) is 22.9 Å². The van der Waals surface area contributed by atoms with Crippen molar-refractivity contribution in [3.63, 3.8) is 0 Å². The van der Waals surface area contributed by atoms with Gasteiger partial charge in [0.15, 0.2) is 0 Å². The first-order valence-corrected chi connectivity index (χ1v) is 7.57. The van der Waals surface area contributed by atoms with E-state index in [9.17, 15) is 5.11 Å². The SMILES string of the molecule is CCCN(CC(C)(C)O)c1ncnc2ccc(Br)cc12. The van der Waals surface area contributed by atoms with Crippen molar-refractivity contribution >= 4 is 32.7 Å². The Bertz CT molecular complexity index is 595. The molecule has 0 fully saturated rings. The molecule has 0 unspecified atom stereocenters. The fraction of sp³-hybridized carbons (Fsp3) is 0.467. The van der Waals surface area contributed by atoms with E-state index in [1.54, 1.807) is 6.33 Å². The van der Waals surface area contributed by atoms with Crippen molar-refractivity contribution in [1.29, 1.82) is 0 Å². The molecule has 0 atom stereocenters. The molecule has 1 N–H and O–H groups in total. The predicted molar refractivity (Wildman–Crippen MR) is 86.0 cm³/mol. The number of anilines is 1. The van der Waals surface area contributed by atoms with Gasteiger partial charge in [-0.3, -0.25) is 0 Å². The highest BCUT2D eigenvalue weighted by molar-refractivity contribution is 9.10. The van der Waals surface area contributed by atoms with Crippen molar-refractivity contribution in [3.8, 4) is 0 Å². The van der Waals surface area contributed by atoms with Gasteiger partial charge in [0.25, 0.3) is 0 Å². The third-order valence-corrected chi connectivity index (χ3v) is 3.44. The van der Waals surface area contributed by atoms with Gasteiger partial charge >= 0.3 is 0 Å². The summed E-state index contributed by atoms with van der Waals surface area (Å²) in [5.74, 6) is 0.875. The van der Waals surface area contributed by atoms with Gasteiger partial charge in [-0.15, -0.1) is 0 Å². The van der Waals surface area contributed by atoms with E-state index in [1.807, 2.05) is 32.0 Å². The zero-order chi connectivity index (χ0) is 14.8. The molecule has 4 nitrogen and oxygen atoms in total. The number of benzene rings is 1. The molecule has 20 heavy (non-hydrogen) atoms. The van der Waals surface area contributed by atoms with Crippen LogP contribution < -0.4 is 4.90 Å². The van der Waals surface area contributed by atoms with E-state index in [0.717, 1.165) is 34.2 Å². The number of hydrogen-bond acceptors (Lipinski definition) is 4. The van der Waals surface area contributed by atoms with Crippen LogP contribution >= 0.6 is 15.9 Å². The van der Waals surface area contributed by atoms with Crippen LogP contribution in [-0.4, -0.2) is 33.8 Å². The number of hydrogen-bond donors (Lipinski definition) is 1. The summed E-state index contributed by atoms with van der Waals surface area (Å²) in [5, 5.41) is 11.1. The van der Waals surface area contributed by atoms with Gasteiger partial charge in [-0.2, -0.15) is 0 Å². The maximum absolute atomic E-state index is 10.1. The molecule has 0 aliphatic carbocycles. The smallest absolute Gasteiger partial charge is 0.140 e. The number of fused-ring (bicyclic) bond motifs is 1. The molecule has 0 aliphatic rings. The molecule has 0 radical (unpaired) electrons. The third kappa shape index (κ3) is 3.67. The van der Waals surface area contributed by atoms with Gasteiger partial charge in [-0.25, -0.2) is 9.97 Å². The number of nitrogens with zero attached hydrogens (tertiary/aromatic N) is 3. The largest absolute Gasteiger partial charge is 0.389 e. The Balaban J connectivity index is 2.49. The van der Waals surface area contributed by atoms with Crippen LogP contribution in [0.3, 0.4) is 0 Å². The van der Waals surface area contributed by atoms with Crippen molar-refractivity contribution in [2.75, 3.05) is 18.0 Å². The van der Waals surface area contributed by atoms with E-state index in [2.05, 4.69) is 37.7 Å². The molecule has 2 aromatic rings. The summed E-state index contributed by atoms with van der Waals surface area (Å²) in [4.78, 5) is 10.9. The lowest BCUT2D eigenvalue weighted by Crippen LogP contribution is -2.39. The minimum atomic E-state index is -0.765. The maximum Gasteiger partial charge on any atom is 0.140 e. The molecule has 1 aromatic carbocycles. The van der Waals surface area contributed by atoms with Gasteiger partial charge in [-0.1, -0.05) is 22.9 Å². The quantitative estimate of drug-likeness (QED) is 0.908. The first-order chi connectivity index (χ1) is 9.40. The van der Waals surface area contributed by atoms with Crippen LogP contribution in [-0.2, 0) is 0 Å². The van der Waals surface area contributed by atoms with E-state index in [-0.39, 0.29) is 0 Å². The summed E-state index contributed by atoms with van der Waals surface area (Å²) >= 11 is 3.49. The second-order valence-corrected chi connectivity index (χ2v) is 6.51. The molecule has 0 saturated carbocycles. The van der Waals surface area contributed by atoms with Crippen LogP contribution in [0, 0.1) is 0 Å². The summed E-state index contributed by atoms with van der Waals surface area (Å²) in [5.41, 5.74) is 0.147. The van der Waals surface area contributed by atoms with E-state index in [4.69, 9.17) is 0 Å². The lowest BCUT2D eigenvalue weighted by atomic mass is 10.1. The Morgan fingerprint density at radius 2 is 2.05 bits per heavy atom. The highest BCUT2D eigenvalue weighted by atomic mass is 79.9. The molecular formula is C15H20BrN3O. The molecule has 1 aromatic heterocycles. The molecule has 0 bridgehead atoms. The third-order valence-electron chi connectivity index (χ3n) is 2.95. The minimum Gasteiger partial charge on any atom is -0.389 e. The van der Waals surface area contributed by atoms with E-state index in [1.165, 1.54) is 0 Å². The fourth-order valence-corrected chi connectivity index (χ4v) is 2.63. The van der Waals surface area contributed by atoms with Crippen molar-refractivity contribution in [3.05, 3.63) is 29.0 Å². The van der Waals surface area contributed by atoms with Gasteiger partial charge < -0.3 is 10.0 Å². The lowest BCUT2D eigenvalue weighted by Gasteiger charge is -2.30. The van der Waals surface area contributed by atoms with Crippen LogP contribution in [0.1, 0.15) is 27.2 Å². The second-order valence-electron chi connectivity index (χ2n) is 5.59. The maximum atomic E-state index is 10.1. The molecule has 2 rings (SSSR count). The summed E-state index contributed by atoms with van der Waals surface area (Å²) in [6.45, 7) is 7.14. The topological polar surface area (TPSA) is 49.2 Å². The van der Waals surface area contributed by atoms with E-state index < -0.39 is 5.60 Å². The molecule has 0 amide bonds. The van der Waals surface area contributed by atoms with E-state index >= 15 is 0 Å². The molecule has 1 heterocycles. The van der Waals surface area contributed by atoms with Crippen LogP contribution in [0.5, 0.6) is 0 Å². The minimum absolute atomic E-state index is 0.541. The zero-order valence-electron chi connectivity index (χ0n) is 12.1. The van der Waals surface area contributed by atoms with Crippen molar-refractivity contribution < 1.29 is 5.11 Å². The molecule has 0 spiro atoms. The fourth-order valence-electron chi connectivity index (χ4n) is 2.26. The number of aromatic nitrogens is 2. The number of rotatable bonds is 5. The zero-order valence-corrected chi connectivity index (χ0v) is 13.7. The van der Waals surface area contributed by atoms with Crippen molar-refractivity contribution in [1.82, 2.24) is 9.97 Å². The average molecular weight is 338 g/mol. The normalized spacial score (nSPS) is 11.8. The Morgan fingerprint density at radius 3 is 2.70 bits per heavy atom. The van der Waals surface area contributed by atoms with Gasteiger partial charge in [0.05, 0.1) is 11.1 Å². The van der Waals surface area contributed by atoms with Gasteiger partial charge in [0.2, 0.25) is 0 Å². The highest BCUT2D eigenvalue weighted by Gasteiger charge is 2.20. The van der Waals surface area contributed by atoms with Crippen LogP contribution in [0.25, 0.3) is 10.9 Å². The summed E-state index contributed by atoms with van der Waals surface area (Å²) in [6, 6.07) is 5.97. The first-order valence-electron chi connectivity index (χ1n) is 6.78. The van der Waals surface area contributed by atoms with Gasteiger partial charge in [0.1, 0.15) is 12.1 Å². The van der Waals surface area contributed by atoms with Crippen LogP contribution in [0.15, 0.2) is 29.0 Å². The average Bonchev–Trinajstić information content (AvgIpc) is 2.36. The van der Waals surface area contributed by atoms with Gasteiger partial charge in [-0.05, 0) is 38.5 Å². The number of aliphatic hydroxyl groups is 1. The predicted octanol–water partition coefficient (Wildman–Crippen LogP) is 3.38. The standard InChI is InChI=1S/C15H20BrN3O/c1-4-7-19(9-15(2,3)20)14-12-8-11(16)5-6-13(12)17-10-18-14/h5-6,8,10,20H,4,7,9H2,1-3H3. The Morgan fingerprint density at radius 1 is 1.30 bits per heavy atom. The monoisotopic (exact) mass is 337 g/mol. The molecule has 0 aliphatic heterocycles. The van der Waals surface area contributed by atoms with Crippen LogP contribution in [0.4, 0.5) is 5.82 Å². The Kier molecular flexibility index (Phi) is 4.60. The summed E-state index contributed by atoms with van der Waals surface area (Å²) < 4.78 is 1.00. The van der Waals surface area contributed by atoms with E-state index in [0.29, 0.717) is 6.54 Å². The molecule has 5 heteroatoms. The molecule has 0 saturated heterocycles. The Hall–Kier alpha value is -1.20. The molecule has 108 valence electrons. The highest BCUT2D eigenvalue weighted by Crippen LogP contribution is 2.27. The first kappa shape index (κ1) is 15.2. The molecular weight excluding hydrogens is 318 g/mol. The number of halogens is 1. The van der Waals surface area contributed by atoms with Crippen LogP contribution in [0.2, 0.25) is 0 Å². The summed E-state index contributed by atoms with van der Waals surface area (Å²) in [6.07, 6.45) is 2.58. The Labute approximate surface area is 128 Å². The second kappa shape index (κ2) is 6.06. The lowest BCUT2D eigenvalue weighted by molar-refractivity contribution is 0.0872. The van der Waals surface area contributed by atoms with Crippen molar-refractivity contribution in [2.24, 2.45) is 0 Å². The van der Waals surface area contributed by atoms with Crippen molar-refractivity contribution in [2.45, 2.75) is 32.8 Å². The summed E-state index contributed by atoms with van der Waals surface area (Å²) in [7, 11) is 0.